The standard InChI is InChI=1S/C32H52B2N4/c1-29(2,3)35-21-22-36(30(4,5)6)33(35)27-17-13-25(14-18-27)26-15-19-28(20-16-26)34-37(31(7,8)9)23-24-38(34)32(10,11)12/h13-20H,21-24H2,1-12H3. The zero-order valence-electron chi connectivity index (χ0n) is 26.4. The fourth-order valence-corrected chi connectivity index (χ4v) is 6.48. The van der Waals surface area contributed by atoms with Crippen molar-refractivity contribution in [3.63, 3.8) is 0 Å². The molecule has 2 aromatic carbocycles. The first kappa shape index (κ1) is 29.4. The molecule has 2 fully saturated rings. The summed E-state index contributed by atoms with van der Waals surface area (Å²) in [6.07, 6.45) is 0. The molecule has 0 unspecified atom stereocenters. The van der Waals surface area contributed by atoms with Crippen molar-refractivity contribution in [3.8, 4) is 11.1 Å². The summed E-state index contributed by atoms with van der Waals surface area (Å²) in [5.74, 6) is 0. The molecule has 2 saturated heterocycles. The van der Waals surface area contributed by atoms with E-state index in [0.717, 1.165) is 26.2 Å². The minimum Gasteiger partial charge on any atom is -0.318 e. The van der Waals surface area contributed by atoms with Crippen LogP contribution in [0.1, 0.15) is 83.1 Å². The van der Waals surface area contributed by atoms with E-state index < -0.39 is 0 Å². The van der Waals surface area contributed by atoms with Crippen molar-refractivity contribution >= 4 is 24.9 Å². The molecule has 4 rings (SSSR count). The molecular weight excluding hydrogens is 462 g/mol. The Kier molecular flexibility index (Phi) is 7.82. The fourth-order valence-electron chi connectivity index (χ4n) is 6.48. The summed E-state index contributed by atoms with van der Waals surface area (Å²) >= 11 is 0. The monoisotopic (exact) mass is 514 g/mol. The SMILES string of the molecule is CC(C)(C)N1CCN(C(C)(C)C)B1c1ccc(-c2ccc(B3N(C(C)(C)C)CCN3C(C)(C)C)cc2)cc1. The van der Waals surface area contributed by atoms with E-state index in [0.29, 0.717) is 14.0 Å². The van der Waals surface area contributed by atoms with Gasteiger partial charge < -0.3 is 19.2 Å². The van der Waals surface area contributed by atoms with Crippen LogP contribution in [0.4, 0.5) is 0 Å². The van der Waals surface area contributed by atoms with E-state index in [-0.39, 0.29) is 22.2 Å². The molecule has 0 radical (unpaired) electrons. The van der Waals surface area contributed by atoms with E-state index in [1.165, 1.54) is 22.1 Å². The lowest BCUT2D eigenvalue weighted by atomic mass is 9.61. The molecule has 2 heterocycles. The lowest BCUT2D eigenvalue weighted by molar-refractivity contribution is 0.271. The second-order valence-electron chi connectivity index (χ2n) is 15.4. The molecule has 4 nitrogen and oxygen atoms in total. The minimum atomic E-state index is 0.126. The smallest absolute Gasteiger partial charge is 0.318 e. The van der Waals surface area contributed by atoms with Crippen LogP contribution in [0.15, 0.2) is 48.5 Å². The molecule has 0 spiro atoms. The van der Waals surface area contributed by atoms with Crippen LogP contribution >= 0.6 is 0 Å². The third-order valence-electron chi connectivity index (χ3n) is 8.54. The number of hydrogen-bond acceptors (Lipinski definition) is 4. The largest absolute Gasteiger partial charge is 0.347 e. The number of nitrogens with zero attached hydrogens (tertiary/aromatic N) is 4. The van der Waals surface area contributed by atoms with Gasteiger partial charge in [-0.05, 0) is 105 Å². The highest BCUT2D eigenvalue weighted by Crippen LogP contribution is 2.30. The van der Waals surface area contributed by atoms with Crippen molar-refractivity contribution in [2.45, 2.75) is 105 Å². The molecule has 0 saturated carbocycles. The fraction of sp³-hybridized carbons (Fsp3) is 0.625. The van der Waals surface area contributed by atoms with E-state index in [1.54, 1.807) is 0 Å². The average Bonchev–Trinajstić information content (AvgIpc) is 3.44. The normalized spacial score (nSPS) is 19.7. The van der Waals surface area contributed by atoms with Crippen LogP contribution < -0.4 is 10.9 Å². The van der Waals surface area contributed by atoms with Crippen molar-refractivity contribution in [3.05, 3.63) is 48.5 Å². The highest BCUT2D eigenvalue weighted by atomic mass is 15.3. The van der Waals surface area contributed by atoms with Crippen molar-refractivity contribution in [1.82, 2.24) is 19.2 Å². The van der Waals surface area contributed by atoms with E-state index >= 15 is 0 Å². The van der Waals surface area contributed by atoms with Gasteiger partial charge in [0.25, 0.3) is 0 Å². The maximum atomic E-state index is 2.66. The van der Waals surface area contributed by atoms with Gasteiger partial charge in [-0.25, -0.2) is 0 Å². The first-order valence-electron chi connectivity index (χ1n) is 14.7. The zero-order chi connectivity index (χ0) is 28.3. The maximum Gasteiger partial charge on any atom is 0.347 e. The van der Waals surface area contributed by atoms with E-state index in [4.69, 9.17) is 0 Å². The van der Waals surface area contributed by atoms with Crippen LogP contribution in [0.25, 0.3) is 11.1 Å². The molecule has 2 aliphatic rings. The number of rotatable bonds is 3. The molecule has 0 aromatic heterocycles. The Balaban J connectivity index is 1.61. The molecule has 0 amide bonds. The van der Waals surface area contributed by atoms with Crippen molar-refractivity contribution in [2.75, 3.05) is 26.2 Å². The van der Waals surface area contributed by atoms with Crippen LogP contribution in [0, 0.1) is 0 Å². The van der Waals surface area contributed by atoms with E-state index in [2.05, 4.69) is 151 Å². The predicted octanol–water partition coefficient (Wildman–Crippen LogP) is 5.17. The van der Waals surface area contributed by atoms with Crippen LogP contribution in [-0.2, 0) is 0 Å². The van der Waals surface area contributed by atoms with Gasteiger partial charge in [-0.15, -0.1) is 0 Å². The Bertz CT molecular complexity index is 952. The Labute approximate surface area is 235 Å². The summed E-state index contributed by atoms with van der Waals surface area (Å²) in [6.45, 7) is 33.1. The van der Waals surface area contributed by atoms with Gasteiger partial charge >= 0.3 is 14.0 Å². The van der Waals surface area contributed by atoms with Gasteiger partial charge in [0, 0.05) is 48.3 Å². The van der Waals surface area contributed by atoms with Gasteiger partial charge in [-0.1, -0.05) is 48.5 Å². The van der Waals surface area contributed by atoms with Gasteiger partial charge in [0.2, 0.25) is 0 Å². The average molecular weight is 514 g/mol. The molecule has 0 aliphatic carbocycles. The highest BCUT2D eigenvalue weighted by molar-refractivity contribution is 6.69. The van der Waals surface area contributed by atoms with Gasteiger partial charge in [-0.2, -0.15) is 0 Å². The maximum absolute atomic E-state index is 2.66. The van der Waals surface area contributed by atoms with Gasteiger partial charge in [-0.3, -0.25) is 0 Å². The quantitative estimate of drug-likeness (QED) is 0.524. The zero-order valence-corrected chi connectivity index (χ0v) is 26.4. The summed E-state index contributed by atoms with van der Waals surface area (Å²) in [5, 5.41) is 0. The summed E-state index contributed by atoms with van der Waals surface area (Å²) in [7, 11) is 0. The molecule has 0 N–H and O–H groups in total. The first-order valence-corrected chi connectivity index (χ1v) is 14.7. The number of benzene rings is 2. The predicted molar refractivity (Wildman–Crippen MR) is 168 cm³/mol. The lowest BCUT2D eigenvalue weighted by Crippen LogP contribution is -2.62. The molecule has 2 aliphatic heterocycles. The van der Waals surface area contributed by atoms with Crippen LogP contribution in [0.2, 0.25) is 0 Å². The van der Waals surface area contributed by atoms with Crippen LogP contribution in [-0.4, -0.2) is 81.5 Å². The van der Waals surface area contributed by atoms with Crippen molar-refractivity contribution in [1.29, 1.82) is 0 Å². The Morgan fingerprint density at radius 1 is 0.395 bits per heavy atom. The first-order chi connectivity index (χ1) is 17.4. The Morgan fingerprint density at radius 2 is 0.605 bits per heavy atom. The summed E-state index contributed by atoms with van der Waals surface area (Å²) in [5.41, 5.74) is 5.86. The van der Waals surface area contributed by atoms with E-state index in [9.17, 15) is 0 Å². The Morgan fingerprint density at radius 3 is 0.789 bits per heavy atom. The molecule has 0 bridgehead atoms. The molecule has 38 heavy (non-hydrogen) atoms. The molecule has 206 valence electrons. The van der Waals surface area contributed by atoms with Crippen LogP contribution in [0.3, 0.4) is 0 Å². The molecule has 6 heteroatoms. The molecular formula is C32H52B2N4. The van der Waals surface area contributed by atoms with Crippen molar-refractivity contribution < 1.29 is 0 Å². The Hall–Kier alpha value is -1.59. The lowest BCUT2D eigenvalue weighted by Gasteiger charge is -2.41. The summed E-state index contributed by atoms with van der Waals surface area (Å²) < 4.78 is 0. The molecule has 2 aromatic rings. The van der Waals surface area contributed by atoms with Crippen LogP contribution in [0.5, 0.6) is 0 Å². The second-order valence-corrected chi connectivity index (χ2v) is 15.4. The third kappa shape index (κ3) is 5.94. The van der Waals surface area contributed by atoms with Crippen molar-refractivity contribution in [2.24, 2.45) is 0 Å². The second kappa shape index (κ2) is 10.1. The molecule has 0 atom stereocenters. The highest BCUT2D eigenvalue weighted by Gasteiger charge is 2.47. The summed E-state index contributed by atoms with van der Waals surface area (Å²) in [6, 6.07) is 18.7. The third-order valence-corrected chi connectivity index (χ3v) is 8.54. The topological polar surface area (TPSA) is 13.0 Å². The van der Waals surface area contributed by atoms with E-state index in [1.807, 2.05) is 0 Å². The number of hydrogen-bond donors (Lipinski definition) is 0. The summed E-state index contributed by atoms with van der Waals surface area (Å²) in [4.78, 5) is 10.6. The van der Waals surface area contributed by atoms with Gasteiger partial charge in [0.1, 0.15) is 0 Å². The van der Waals surface area contributed by atoms with Gasteiger partial charge in [0.05, 0.1) is 0 Å². The minimum absolute atomic E-state index is 0.126. The van der Waals surface area contributed by atoms with Gasteiger partial charge in [0.15, 0.2) is 0 Å².